The van der Waals surface area contributed by atoms with Crippen molar-refractivity contribution in [3.8, 4) is 5.75 Å². The summed E-state index contributed by atoms with van der Waals surface area (Å²) in [7, 11) is 0. The summed E-state index contributed by atoms with van der Waals surface area (Å²) in [6, 6.07) is 7.27. The minimum absolute atomic E-state index is 0.0685. The van der Waals surface area contributed by atoms with Crippen LogP contribution >= 0.6 is 11.6 Å². The minimum atomic E-state index is -0.262. The smallest absolute Gasteiger partial charge is 0.293 e. The molecule has 1 fully saturated rings. The van der Waals surface area contributed by atoms with E-state index in [2.05, 4.69) is 29.0 Å². The van der Waals surface area contributed by atoms with E-state index < -0.39 is 0 Å². The van der Waals surface area contributed by atoms with Gasteiger partial charge in [-0.05, 0) is 51.0 Å². The summed E-state index contributed by atoms with van der Waals surface area (Å²) < 4.78 is 13.4. The Hall–Kier alpha value is -3.17. The van der Waals surface area contributed by atoms with E-state index in [0.29, 0.717) is 23.2 Å². The molecule has 0 aliphatic carbocycles. The highest BCUT2D eigenvalue weighted by molar-refractivity contribution is 6.32. The van der Waals surface area contributed by atoms with Crippen molar-refractivity contribution in [2.24, 2.45) is 0 Å². The predicted octanol–water partition coefficient (Wildman–Crippen LogP) is 5.52. The number of nitrogens with zero attached hydrogens (tertiary/aromatic N) is 4. The number of hydrogen-bond donors (Lipinski definition) is 1. The number of pyridine rings is 1. The van der Waals surface area contributed by atoms with Gasteiger partial charge in [-0.1, -0.05) is 32.4 Å². The number of nitrogens with one attached hydrogen (secondary N) is 1. The van der Waals surface area contributed by atoms with Crippen molar-refractivity contribution in [2.75, 3.05) is 29.9 Å². The van der Waals surface area contributed by atoms with Crippen molar-refractivity contribution in [2.45, 2.75) is 72.1 Å². The van der Waals surface area contributed by atoms with Crippen LogP contribution in [0.15, 0.2) is 35.3 Å². The Kier molecular flexibility index (Phi) is 8.89. The number of ether oxygens (including phenoxy) is 2. The van der Waals surface area contributed by atoms with Gasteiger partial charge in [0.25, 0.3) is 5.56 Å². The lowest BCUT2D eigenvalue weighted by molar-refractivity contribution is -0.120. The summed E-state index contributed by atoms with van der Waals surface area (Å²) in [4.78, 5) is 36.3. The van der Waals surface area contributed by atoms with Gasteiger partial charge < -0.3 is 24.3 Å². The summed E-state index contributed by atoms with van der Waals surface area (Å²) in [5, 5.41) is 4.50. The zero-order valence-electron chi connectivity index (χ0n) is 22.7. The van der Waals surface area contributed by atoms with Crippen LogP contribution in [0.3, 0.4) is 0 Å². The Morgan fingerprint density at radius 2 is 1.89 bits per heavy atom. The molecule has 1 aromatic carbocycles. The lowest BCUT2D eigenvalue weighted by atomic mass is 10.1. The molecule has 38 heavy (non-hydrogen) atoms. The van der Waals surface area contributed by atoms with Gasteiger partial charge in [0.15, 0.2) is 17.4 Å². The second-order valence-electron chi connectivity index (χ2n) is 9.83. The molecule has 0 spiro atoms. The van der Waals surface area contributed by atoms with Crippen LogP contribution < -0.4 is 20.5 Å². The standard InChI is InChI=1S/C28H36ClN5O4/c1-6-20(35)16-37-25-12-18-11-19(9-10-24(18)34(17(4)5)27(25)36)31-26-23(29)13-30-28(32-26)33-14-21(7-2)38-22(8-3)15-33/h9-13,17,21-22H,6-8,14-16H2,1-5H3,(H,30,31,32). The summed E-state index contributed by atoms with van der Waals surface area (Å²) in [6.07, 6.45) is 4.06. The number of hydrogen-bond acceptors (Lipinski definition) is 8. The molecule has 1 saturated heterocycles. The second-order valence-corrected chi connectivity index (χ2v) is 10.2. The van der Waals surface area contributed by atoms with Crippen LogP contribution in [-0.2, 0) is 9.53 Å². The molecule has 0 radical (unpaired) electrons. The highest BCUT2D eigenvalue weighted by Crippen LogP contribution is 2.29. The number of morpholine rings is 1. The average Bonchev–Trinajstić information content (AvgIpc) is 2.92. The third-order valence-electron chi connectivity index (χ3n) is 6.72. The SMILES string of the molecule is CCC(=O)COc1cc2cc(Nc3nc(N4CC(CC)OC(CC)C4)ncc3Cl)ccc2n(C(C)C)c1=O. The van der Waals surface area contributed by atoms with E-state index in [4.69, 9.17) is 26.1 Å². The summed E-state index contributed by atoms with van der Waals surface area (Å²) in [5.74, 6) is 1.17. The van der Waals surface area contributed by atoms with Gasteiger partial charge in [0.2, 0.25) is 5.95 Å². The maximum Gasteiger partial charge on any atom is 0.293 e. The van der Waals surface area contributed by atoms with Gasteiger partial charge in [-0.3, -0.25) is 9.59 Å². The van der Waals surface area contributed by atoms with Crippen LogP contribution in [0.5, 0.6) is 5.75 Å². The molecule has 0 amide bonds. The van der Waals surface area contributed by atoms with Crippen molar-refractivity contribution in [1.82, 2.24) is 14.5 Å². The van der Waals surface area contributed by atoms with Crippen molar-refractivity contribution in [3.05, 3.63) is 45.8 Å². The van der Waals surface area contributed by atoms with E-state index >= 15 is 0 Å². The Balaban J connectivity index is 1.66. The molecule has 3 aromatic rings. The molecule has 9 nitrogen and oxygen atoms in total. The van der Waals surface area contributed by atoms with Crippen molar-refractivity contribution < 1.29 is 14.3 Å². The molecule has 1 N–H and O–H groups in total. The third-order valence-corrected chi connectivity index (χ3v) is 7.00. The van der Waals surface area contributed by atoms with E-state index in [1.54, 1.807) is 23.8 Å². The summed E-state index contributed by atoms with van der Waals surface area (Å²) in [5.41, 5.74) is 1.25. The fourth-order valence-electron chi connectivity index (χ4n) is 4.55. The average molecular weight is 542 g/mol. The zero-order valence-corrected chi connectivity index (χ0v) is 23.4. The zero-order chi connectivity index (χ0) is 27.4. The second kappa shape index (κ2) is 12.1. The van der Waals surface area contributed by atoms with Gasteiger partial charge in [0.05, 0.1) is 23.9 Å². The quantitative estimate of drug-likeness (QED) is 0.358. The van der Waals surface area contributed by atoms with E-state index in [1.165, 1.54) is 0 Å². The van der Waals surface area contributed by atoms with Crippen LogP contribution in [-0.4, -0.2) is 52.2 Å². The number of halogens is 1. The fraction of sp³-hybridized carbons (Fsp3) is 0.500. The molecule has 4 rings (SSSR count). The molecule has 2 unspecified atom stereocenters. The molecule has 10 heteroatoms. The molecular formula is C28H36ClN5O4. The van der Waals surface area contributed by atoms with Gasteiger partial charge in [-0.25, -0.2) is 4.98 Å². The molecule has 2 atom stereocenters. The monoisotopic (exact) mass is 541 g/mol. The third kappa shape index (κ3) is 6.10. The number of fused-ring (bicyclic) bond motifs is 1. The predicted molar refractivity (Wildman–Crippen MR) is 151 cm³/mol. The van der Waals surface area contributed by atoms with Gasteiger partial charge in [-0.15, -0.1) is 0 Å². The molecule has 2 aromatic heterocycles. The molecule has 3 heterocycles. The number of Topliss-reactive ketones (excluding diaryl/α,β-unsaturated/α-hetero) is 1. The van der Waals surface area contributed by atoms with Crippen LogP contribution in [0.2, 0.25) is 5.02 Å². The number of carbonyl (C=O) groups excluding carboxylic acids is 1. The highest BCUT2D eigenvalue weighted by atomic mass is 35.5. The molecule has 1 aliphatic rings. The molecular weight excluding hydrogens is 506 g/mol. The number of benzene rings is 1. The first-order chi connectivity index (χ1) is 18.2. The van der Waals surface area contributed by atoms with Crippen LogP contribution in [0.25, 0.3) is 10.9 Å². The number of aromatic nitrogens is 3. The fourth-order valence-corrected chi connectivity index (χ4v) is 4.69. The summed E-state index contributed by atoms with van der Waals surface area (Å²) in [6.45, 7) is 11.2. The molecule has 0 bridgehead atoms. The van der Waals surface area contributed by atoms with Gasteiger partial charge in [0, 0.05) is 36.6 Å². The topological polar surface area (TPSA) is 98.6 Å². The van der Waals surface area contributed by atoms with Crippen molar-refractivity contribution in [3.63, 3.8) is 0 Å². The number of rotatable bonds is 10. The Labute approximate surface area is 228 Å². The van der Waals surface area contributed by atoms with E-state index in [9.17, 15) is 9.59 Å². The maximum atomic E-state index is 13.1. The van der Waals surface area contributed by atoms with Gasteiger partial charge in [-0.2, -0.15) is 4.98 Å². The van der Waals surface area contributed by atoms with Crippen LogP contribution in [0, 0.1) is 0 Å². The molecule has 1 aliphatic heterocycles. The van der Waals surface area contributed by atoms with Crippen molar-refractivity contribution in [1.29, 1.82) is 0 Å². The number of carbonyl (C=O) groups is 1. The van der Waals surface area contributed by atoms with E-state index in [1.807, 2.05) is 32.0 Å². The van der Waals surface area contributed by atoms with E-state index in [0.717, 1.165) is 42.5 Å². The first-order valence-corrected chi connectivity index (χ1v) is 13.7. The molecule has 0 saturated carbocycles. The number of ketones is 1. The van der Waals surface area contributed by atoms with E-state index in [-0.39, 0.29) is 41.9 Å². The van der Waals surface area contributed by atoms with Crippen molar-refractivity contribution >= 4 is 45.7 Å². The number of anilines is 3. The lowest BCUT2D eigenvalue weighted by Crippen LogP contribution is -2.48. The summed E-state index contributed by atoms with van der Waals surface area (Å²) >= 11 is 6.48. The van der Waals surface area contributed by atoms with Crippen LogP contribution in [0.4, 0.5) is 17.5 Å². The Morgan fingerprint density at radius 1 is 1.18 bits per heavy atom. The van der Waals surface area contributed by atoms with Gasteiger partial charge >= 0.3 is 0 Å². The highest BCUT2D eigenvalue weighted by Gasteiger charge is 2.27. The largest absolute Gasteiger partial charge is 0.480 e. The molecule has 204 valence electrons. The van der Waals surface area contributed by atoms with Crippen LogP contribution in [0.1, 0.15) is 59.9 Å². The minimum Gasteiger partial charge on any atom is -0.480 e. The normalized spacial score (nSPS) is 17.7. The Morgan fingerprint density at radius 3 is 2.53 bits per heavy atom. The Bertz CT molecular complexity index is 1350. The maximum absolute atomic E-state index is 13.1. The first-order valence-electron chi connectivity index (χ1n) is 13.3. The lowest BCUT2D eigenvalue weighted by Gasteiger charge is -2.37. The van der Waals surface area contributed by atoms with Gasteiger partial charge in [0.1, 0.15) is 11.6 Å². The first kappa shape index (κ1) is 27.9.